The maximum atomic E-state index is 5.64. The molecule has 1 rings (SSSR count). The SMILES string of the molecule is Cc1cc(CCN)ccc1N(CCN(C)C)CC(C)C. The van der Waals surface area contributed by atoms with Crippen molar-refractivity contribution in [2.75, 3.05) is 45.2 Å². The maximum Gasteiger partial charge on any atom is 0.0396 e. The van der Waals surface area contributed by atoms with Crippen molar-refractivity contribution in [1.29, 1.82) is 0 Å². The molecule has 0 aliphatic rings. The van der Waals surface area contributed by atoms with Crippen molar-refractivity contribution in [3.63, 3.8) is 0 Å². The van der Waals surface area contributed by atoms with Crippen molar-refractivity contribution in [3.8, 4) is 0 Å². The highest BCUT2D eigenvalue weighted by Gasteiger charge is 2.11. The molecule has 0 bridgehead atoms. The van der Waals surface area contributed by atoms with Gasteiger partial charge >= 0.3 is 0 Å². The van der Waals surface area contributed by atoms with E-state index in [2.05, 4.69) is 62.9 Å². The second kappa shape index (κ2) is 8.28. The van der Waals surface area contributed by atoms with Crippen molar-refractivity contribution >= 4 is 5.69 Å². The molecular weight excluding hydrogens is 246 g/mol. The maximum absolute atomic E-state index is 5.64. The molecule has 0 saturated heterocycles. The third-order valence-electron chi connectivity index (χ3n) is 3.44. The number of hydrogen-bond donors (Lipinski definition) is 1. The molecule has 3 nitrogen and oxygen atoms in total. The second-order valence-electron chi connectivity index (χ2n) is 6.30. The van der Waals surface area contributed by atoms with Crippen LogP contribution in [0.4, 0.5) is 5.69 Å². The lowest BCUT2D eigenvalue weighted by molar-refractivity contribution is 0.409. The van der Waals surface area contributed by atoms with Gasteiger partial charge in [-0.1, -0.05) is 26.0 Å². The summed E-state index contributed by atoms with van der Waals surface area (Å²) in [5, 5.41) is 0. The van der Waals surface area contributed by atoms with E-state index < -0.39 is 0 Å². The van der Waals surface area contributed by atoms with Gasteiger partial charge in [0.1, 0.15) is 0 Å². The molecule has 0 unspecified atom stereocenters. The Kier molecular flexibility index (Phi) is 7.03. The summed E-state index contributed by atoms with van der Waals surface area (Å²) in [4.78, 5) is 4.75. The Morgan fingerprint density at radius 1 is 1.15 bits per heavy atom. The number of hydrogen-bond acceptors (Lipinski definition) is 3. The molecule has 20 heavy (non-hydrogen) atoms. The number of nitrogens with two attached hydrogens (primary N) is 1. The number of nitrogens with zero attached hydrogens (tertiary/aromatic N) is 2. The minimum Gasteiger partial charge on any atom is -0.370 e. The first-order chi connectivity index (χ1) is 9.43. The van der Waals surface area contributed by atoms with Gasteiger partial charge in [-0.2, -0.15) is 0 Å². The summed E-state index contributed by atoms with van der Waals surface area (Å²) in [6, 6.07) is 6.77. The van der Waals surface area contributed by atoms with E-state index in [1.54, 1.807) is 0 Å². The minimum absolute atomic E-state index is 0.667. The number of rotatable bonds is 8. The molecule has 1 aromatic carbocycles. The second-order valence-corrected chi connectivity index (χ2v) is 6.30. The number of benzene rings is 1. The quantitative estimate of drug-likeness (QED) is 0.792. The molecule has 1 aromatic rings. The summed E-state index contributed by atoms with van der Waals surface area (Å²) in [6.07, 6.45) is 0.961. The van der Waals surface area contributed by atoms with Gasteiger partial charge in [0.2, 0.25) is 0 Å². The van der Waals surface area contributed by atoms with Gasteiger partial charge in [0.15, 0.2) is 0 Å². The number of likely N-dealkylation sites (N-methyl/N-ethyl adjacent to an activating group) is 1. The summed E-state index contributed by atoms with van der Waals surface area (Å²) >= 11 is 0. The van der Waals surface area contributed by atoms with Crippen LogP contribution in [0.2, 0.25) is 0 Å². The fourth-order valence-electron chi connectivity index (χ4n) is 2.47. The Morgan fingerprint density at radius 3 is 2.35 bits per heavy atom. The van der Waals surface area contributed by atoms with Crippen molar-refractivity contribution in [2.45, 2.75) is 27.2 Å². The van der Waals surface area contributed by atoms with Gasteiger partial charge in [-0.05, 0) is 57.1 Å². The largest absolute Gasteiger partial charge is 0.370 e. The summed E-state index contributed by atoms with van der Waals surface area (Å²) < 4.78 is 0. The Hall–Kier alpha value is -1.06. The van der Waals surface area contributed by atoms with Gasteiger partial charge in [-0.3, -0.25) is 0 Å². The number of anilines is 1. The van der Waals surface area contributed by atoms with Crippen LogP contribution < -0.4 is 10.6 Å². The summed E-state index contributed by atoms with van der Waals surface area (Å²) in [5.74, 6) is 0.667. The van der Waals surface area contributed by atoms with Crippen molar-refractivity contribution in [2.24, 2.45) is 11.7 Å². The lowest BCUT2D eigenvalue weighted by Gasteiger charge is -2.29. The highest BCUT2D eigenvalue weighted by Crippen LogP contribution is 2.22. The Labute approximate surface area is 124 Å². The van der Waals surface area contributed by atoms with E-state index in [1.807, 2.05) is 0 Å². The standard InChI is InChI=1S/C17H31N3/c1-14(2)13-20(11-10-19(4)5)17-7-6-16(8-9-18)12-15(17)3/h6-7,12,14H,8-11,13,18H2,1-5H3. The predicted octanol–water partition coefficient (Wildman–Crippen LogP) is 2.52. The molecule has 0 heterocycles. The molecule has 0 aliphatic carbocycles. The normalized spacial score (nSPS) is 11.4. The molecule has 114 valence electrons. The first-order valence-corrected chi connectivity index (χ1v) is 7.63. The van der Waals surface area contributed by atoms with E-state index in [1.165, 1.54) is 16.8 Å². The Balaban J connectivity index is 2.88. The zero-order valence-corrected chi connectivity index (χ0v) is 13.8. The molecule has 0 amide bonds. The average molecular weight is 277 g/mol. The zero-order chi connectivity index (χ0) is 15.1. The lowest BCUT2D eigenvalue weighted by Crippen LogP contribution is -2.34. The van der Waals surface area contributed by atoms with Gasteiger partial charge in [-0.25, -0.2) is 0 Å². The highest BCUT2D eigenvalue weighted by atomic mass is 15.2. The van der Waals surface area contributed by atoms with Gasteiger partial charge < -0.3 is 15.5 Å². The molecule has 0 aliphatic heterocycles. The van der Waals surface area contributed by atoms with Crippen LogP contribution in [0.15, 0.2) is 18.2 Å². The Morgan fingerprint density at radius 2 is 1.85 bits per heavy atom. The van der Waals surface area contributed by atoms with Crippen LogP contribution in [0.5, 0.6) is 0 Å². The molecule has 0 saturated carbocycles. The monoisotopic (exact) mass is 277 g/mol. The van der Waals surface area contributed by atoms with Gasteiger partial charge in [-0.15, -0.1) is 0 Å². The molecular formula is C17H31N3. The van der Waals surface area contributed by atoms with Gasteiger partial charge in [0.25, 0.3) is 0 Å². The third-order valence-corrected chi connectivity index (χ3v) is 3.44. The molecule has 3 heteroatoms. The van der Waals surface area contributed by atoms with Crippen LogP contribution >= 0.6 is 0 Å². The van der Waals surface area contributed by atoms with E-state index in [-0.39, 0.29) is 0 Å². The molecule has 0 fully saturated rings. The van der Waals surface area contributed by atoms with Gasteiger partial charge in [0, 0.05) is 25.3 Å². The van der Waals surface area contributed by atoms with Crippen LogP contribution in [0.3, 0.4) is 0 Å². The Bertz CT molecular complexity index is 399. The van der Waals surface area contributed by atoms with Crippen LogP contribution in [0, 0.1) is 12.8 Å². The molecule has 0 atom stereocenters. The number of aryl methyl sites for hydroxylation is 1. The van der Waals surface area contributed by atoms with E-state index >= 15 is 0 Å². The lowest BCUT2D eigenvalue weighted by atomic mass is 10.1. The fraction of sp³-hybridized carbons (Fsp3) is 0.647. The van der Waals surface area contributed by atoms with E-state index in [0.717, 1.165) is 32.6 Å². The van der Waals surface area contributed by atoms with Crippen molar-refractivity contribution < 1.29 is 0 Å². The van der Waals surface area contributed by atoms with Crippen LogP contribution in [0.1, 0.15) is 25.0 Å². The van der Waals surface area contributed by atoms with Gasteiger partial charge in [0.05, 0.1) is 0 Å². The van der Waals surface area contributed by atoms with E-state index in [0.29, 0.717) is 5.92 Å². The minimum atomic E-state index is 0.667. The smallest absolute Gasteiger partial charge is 0.0396 e. The molecule has 0 spiro atoms. The topological polar surface area (TPSA) is 32.5 Å². The third kappa shape index (κ3) is 5.51. The molecule has 0 aromatic heterocycles. The average Bonchev–Trinajstić information content (AvgIpc) is 2.35. The van der Waals surface area contributed by atoms with E-state index in [9.17, 15) is 0 Å². The van der Waals surface area contributed by atoms with Crippen LogP contribution in [0.25, 0.3) is 0 Å². The van der Waals surface area contributed by atoms with Crippen LogP contribution in [-0.4, -0.2) is 45.2 Å². The van der Waals surface area contributed by atoms with Crippen molar-refractivity contribution in [1.82, 2.24) is 4.90 Å². The van der Waals surface area contributed by atoms with Crippen molar-refractivity contribution in [3.05, 3.63) is 29.3 Å². The fourth-order valence-corrected chi connectivity index (χ4v) is 2.47. The molecule has 0 radical (unpaired) electrons. The first-order valence-electron chi connectivity index (χ1n) is 7.63. The zero-order valence-electron chi connectivity index (χ0n) is 13.8. The van der Waals surface area contributed by atoms with Crippen LogP contribution in [-0.2, 0) is 6.42 Å². The highest BCUT2D eigenvalue weighted by molar-refractivity contribution is 5.54. The first kappa shape index (κ1) is 17.0. The summed E-state index contributed by atoms with van der Waals surface area (Å²) in [7, 11) is 4.26. The summed E-state index contributed by atoms with van der Waals surface area (Å²) in [6.45, 7) is 10.7. The van der Waals surface area contributed by atoms with E-state index in [4.69, 9.17) is 5.73 Å². The predicted molar refractivity (Wildman–Crippen MR) is 89.5 cm³/mol. The summed E-state index contributed by atoms with van der Waals surface area (Å²) in [5.41, 5.74) is 9.70. The molecule has 2 N–H and O–H groups in total.